The molecular formula is C15H17NO2S. The van der Waals surface area contributed by atoms with Gasteiger partial charge in [-0.1, -0.05) is 30.4 Å². The summed E-state index contributed by atoms with van der Waals surface area (Å²) in [4.78, 5) is 0.426. The molecule has 4 heteroatoms. The lowest BCUT2D eigenvalue weighted by Gasteiger charge is -2.18. The average molecular weight is 275 g/mol. The van der Waals surface area contributed by atoms with E-state index in [1.165, 1.54) is 6.42 Å². The van der Waals surface area contributed by atoms with Gasteiger partial charge in [0.1, 0.15) is 0 Å². The fraction of sp³-hybridized carbons (Fsp3) is 0.467. The van der Waals surface area contributed by atoms with Crippen molar-refractivity contribution in [1.82, 2.24) is 4.31 Å². The number of nitrogens with zero attached hydrogens (tertiary/aromatic N) is 1. The monoisotopic (exact) mass is 275 g/mol. The lowest BCUT2D eigenvalue weighted by atomic mass is 9.86. The molecule has 0 aromatic heterocycles. The minimum Gasteiger partial charge on any atom is -0.207 e. The molecule has 1 aromatic carbocycles. The van der Waals surface area contributed by atoms with Crippen LogP contribution in [-0.4, -0.2) is 25.8 Å². The van der Waals surface area contributed by atoms with Crippen LogP contribution in [0.4, 0.5) is 0 Å². The number of rotatable bonds is 2. The zero-order valence-corrected chi connectivity index (χ0v) is 11.5. The number of sulfonamides is 1. The molecule has 1 aromatic rings. The summed E-state index contributed by atoms with van der Waals surface area (Å²) in [6.07, 6.45) is 5.84. The summed E-state index contributed by atoms with van der Waals surface area (Å²) < 4.78 is 26.9. The van der Waals surface area contributed by atoms with Gasteiger partial charge >= 0.3 is 0 Å². The van der Waals surface area contributed by atoms with Crippen molar-refractivity contribution in [2.45, 2.75) is 11.3 Å². The fourth-order valence-electron chi connectivity index (χ4n) is 4.05. The molecule has 1 aliphatic heterocycles. The molecule has 0 radical (unpaired) electrons. The molecule has 0 N–H and O–H groups in total. The van der Waals surface area contributed by atoms with Crippen LogP contribution in [0.15, 0.2) is 47.4 Å². The number of fused-ring (bicyclic) bond motifs is 5. The molecule has 2 fully saturated rings. The van der Waals surface area contributed by atoms with Crippen LogP contribution in [0.3, 0.4) is 0 Å². The van der Waals surface area contributed by atoms with Crippen molar-refractivity contribution in [2.24, 2.45) is 23.7 Å². The molecule has 1 saturated heterocycles. The minimum atomic E-state index is -3.29. The number of benzene rings is 1. The summed E-state index contributed by atoms with van der Waals surface area (Å²) in [7, 11) is -3.29. The largest absolute Gasteiger partial charge is 0.243 e. The zero-order chi connectivity index (χ0) is 13.0. The Morgan fingerprint density at radius 3 is 2.11 bits per heavy atom. The average Bonchev–Trinajstić information content (AvgIpc) is 3.12. The molecule has 19 heavy (non-hydrogen) atoms. The number of hydrogen-bond acceptors (Lipinski definition) is 2. The zero-order valence-electron chi connectivity index (χ0n) is 10.6. The summed E-state index contributed by atoms with van der Waals surface area (Å²) in [6.45, 7) is 1.40. The number of hydrogen-bond donors (Lipinski definition) is 0. The summed E-state index contributed by atoms with van der Waals surface area (Å²) in [5, 5.41) is 0. The Hall–Kier alpha value is -1.13. The van der Waals surface area contributed by atoms with Crippen molar-refractivity contribution in [3.63, 3.8) is 0 Å². The van der Waals surface area contributed by atoms with Crippen LogP contribution in [0.5, 0.6) is 0 Å². The second kappa shape index (κ2) is 3.93. The SMILES string of the molecule is O=S(=O)(c1ccccc1)N1C[C@@H]2[C@@H](C1)[C@H]1C=C[C@@H]2C1. The highest BCUT2D eigenvalue weighted by Crippen LogP contribution is 2.52. The molecule has 0 amide bonds. The van der Waals surface area contributed by atoms with E-state index in [4.69, 9.17) is 0 Å². The molecule has 2 aliphatic carbocycles. The third kappa shape index (κ3) is 1.63. The first-order valence-electron chi connectivity index (χ1n) is 6.90. The standard InChI is InChI=1S/C15H17NO2S/c17-19(18,13-4-2-1-3-5-13)16-9-14-11-6-7-12(8-11)15(14)10-16/h1-7,11-12,14-15H,8-10H2/t11-,12+,14-,15-/m0/s1. The predicted molar refractivity (Wildman–Crippen MR) is 72.9 cm³/mol. The van der Waals surface area contributed by atoms with Gasteiger partial charge in [-0.2, -0.15) is 4.31 Å². The van der Waals surface area contributed by atoms with Crippen LogP contribution in [-0.2, 0) is 10.0 Å². The van der Waals surface area contributed by atoms with E-state index in [2.05, 4.69) is 12.2 Å². The van der Waals surface area contributed by atoms with Crippen LogP contribution in [0.1, 0.15) is 6.42 Å². The van der Waals surface area contributed by atoms with E-state index in [1.807, 2.05) is 6.07 Å². The van der Waals surface area contributed by atoms with Gasteiger partial charge in [-0.3, -0.25) is 0 Å². The van der Waals surface area contributed by atoms with Gasteiger partial charge in [0.25, 0.3) is 0 Å². The van der Waals surface area contributed by atoms with Crippen LogP contribution in [0.2, 0.25) is 0 Å². The van der Waals surface area contributed by atoms with E-state index in [1.54, 1.807) is 28.6 Å². The second-order valence-electron chi connectivity index (χ2n) is 5.91. The van der Waals surface area contributed by atoms with Gasteiger partial charge in [-0.25, -0.2) is 8.42 Å². The number of allylic oxidation sites excluding steroid dienone is 2. The summed E-state index contributed by atoms with van der Waals surface area (Å²) in [5.41, 5.74) is 0. The van der Waals surface area contributed by atoms with Gasteiger partial charge in [0.05, 0.1) is 4.90 Å². The van der Waals surface area contributed by atoms with Gasteiger partial charge in [0.2, 0.25) is 10.0 Å². The Balaban J connectivity index is 1.63. The molecule has 1 saturated carbocycles. The summed E-state index contributed by atoms with van der Waals surface area (Å²) in [6, 6.07) is 8.80. The topological polar surface area (TPSA) is 37.4 Å². The molecular weight excluding hydrogens is 258 g/mol. The van der Waals surface area contributed by atoms with Gasteiger partial charge < -0.3 is 0 Å². The molecule has 4 rings (SSSR count). The molecule has 0 spiro atoms. The van der Waals surface area contributed by atoms with Crippen LogP contribution in [0, 0.1) is 23.7 Å². The summed E-state index contributed by atoms with van der Waals surface area (Å²) >= 11 is 0. The molecule has 0 unspecified atom stereocenters. The van der Waals surface area contributed by atoms with Crippen molar-refractivity contribution in [3.8, 4) is 0 Å². The Bertz CT molecular complexity index is 603. The first kappa shape index (κ1) is 11.7. The van der Waals surface area contributed by atoms with Gasteiger partial charge in [0.15, 0.2) is 0 Å². The highest BCUT2D eigenvalue weighted by atomic mass is 32.2. The van der Waals surface area contributed by atoms with E-state index in [-0.39, 0.29) is 0 Å². The first-order valence-corrected chi connectivity index (χ1v) is 8.34. The quantitative estimate of drug-likeness (QED) is 0.775. The molecule has 3 nitrogen and oxygen atoms in total. The van der Waals surface area contributed by atoms with E-state index >= 15 is 0 Å². The maximum Gasteiger partial charge on any atom is 0.243 e. The maximum absolute atomic E-state index is 12.6. The van der Waals surface area contributed by atoms with Gasteiger partial charge in [-0.05, 0) is 42.2 Å². The van der Waals surface area contributed by atoms with Crippen molar-refractivity contribution < 1.29 is 8.42 Å². The molecule has 4 atom stereocenters. The normalized spacial score (nSPS) is 36.8. The Kier molecular flexibility index (Phi) is 2.42. The molecule has 3 aliphatic rings. The molecule has 1 heterocycles. The van der Waals surface area contributed by atoms with Crippen molar-refractivity contribution >= 4 is 10.0 Å². The van der Waals surface area contributed by atoms with E-state index in [0.717, 1.165) is 0 Å². The van der Waals surface area contributed by atoms with Crippen LogP contribution >= 0.6 is 0 Å². The smallest absolute Gasteiger partial charge is 0.207 e. The maximum atomic E-state index is 12.6. The van der Waals surface area contributed by atoms with Gasteiger partial charge in [-0.15, -0.1) is 0 Å². The lowest BCUT2D eigenvalue weighted by molar-refractivity contribution is 0.395. The van der Waals surface area contributed by atoms with E-state index < -0.39 is 10.0 Å². The Labute approximate surface area is 114 Å². The van der Waals surface area contributed by atoms with Crippen LogP contribution in [0.25, 0.3) is 0 Å². The highest BCUT2D eigenvalue weighted by molar-refractivity contribution is 7.89. The van der Waals surface area contributed by atoms with E-state index in [9.17, 15) is 8.42 Å². The van der Waals surface area contributed by atoms with Gasteiger partial charge in [0, 0.05) is 13.1 Å². The minimum absolute atomic E-state index is 0.426. The predicted octanol–water partition coefficient (Wildman–Crippen LogP) is 2.13. The molecule has 100 valence electrons. The third-order valence-electron chi connectivity index (χ3n) is 5.01. The first-order chi connectivity index (χ1) is 9.16. The molecule has 2 bridgehead atoms. The fourth-order valence-corrected chi connectivity index (χ4v) is 5.59. The van der Waals surface area contributed by atoms with E-state index in [0.29, 0.717) is 41.7 Å². The highest BCUT2D eigenvalue weighted by Gasteiger charge is 2.51. The van der Waals surface area contributed by atoms with Crippen molar-refractivity contribution in [1.29, 1.82) is 0 Å². The Morgan fingerprint density at radius 2 is 1.53 bits per heavy atom. The van der Waals surface area contributed by atoms with Crippen LogP contribution < -0.4 is 0 Å². The second-order valence-corrected chi connectivity index (χ2v) is 7.85. The Morgan fingerprint density at radius 1 is 0.947 bits per heavy atom. The third-order valence-corrected chi connectivity index (χ3v) is 6.86. The van der Waals surface area contributed by atoms with Crippen molar-refractivity contribution in [3.05, 3.63) is 42.5 Å². The van der Waals surface area contributed by atoms with Crippen molar-refractivity contribution in [2.75, 3.05) is 13.1 Å². The lowest BCUT2D eigenvalue weighted by Crippen LogP contribution is -2.30. The summed E-state index contributed by atoms with van der Waals surface area (Å²) in [5.74, 6) is 2.33.